The van der Waals surface area contributed by atoms with Crippen LogP contribution >= 0.6 is 0 Å². The fraction of sp³-hybridized carbons (Fsp3) is 0.643. The van der Waals surface area contributed by atoms with Gasteiger partial charge in [0.15, 0.2) is 0 Å². The van der Waals surface area contributed by atoms with Gasteiger partial charge in [0, 0.05) is 25.3 Å². The van der Waals surface area contributed by atoms with Gasteiger partial charge in [-0.25, -0.2) is 0 Å². The minimum Gasteiger partial charge on any atom is -0.365 e. The Kier molecular flexibility index (Phi) is 2.58. The molecule has 0 radical (unpaired) electrons. The predicted molar refractivity (Wildman–Crippen MR) is 70.2 cm³/mol. The molecule has 2 fully saturated rings. The Bertz CT molecular complexity index is 388. The molecule has 2 unspecified atom stereocenters. The lowest BCUT2D eigenvalue weighted by Crippen LogP contribution is -2.53. The van der Waals surface area contributed by atoms with Crippen molar-refractivity contribution in [2.24, 2.45) is 5.41 Å². The van der Waals surface area contributed by atoms with E-state index in [0.29, 0.717) is 17.5 Å². The first-order valence-electron chi connectivity index (χ1n) is 6.58. The van der Waals surface area contributed by atoms with Crippen LogP contribution in [0.5, 0.6) is 0 Å². The first-order valence-corrected chi connectivity index (χ1v) is 6.58. The number of anilines is 1. The molecule has 0 spiro atoms. The summed E-state index contributed by atoms with van der Waals surface area (Å²) < 4.78 is 0. The molecule has 3 rings (SSSR count). The van der Waals surface area contributed by atoms with Gasteiger partial charge in [-0.1, -0.05) is 13.8 Å². The Morgan fingerprint density at radius 1 is 1.47 bits per heavy atom. The van der Waals surface area contributed by atoms with Crippen LogP contribution in [0, 0.1) is 5.41 Å². The number of nitrogens with one attached hydrogen (secondary N) is 1. The first-order chi connectivity index (χ1) is 8.18. The molecule has 1 aromatic heterocycles. The predicted octanol–water partition coefficient (Wildman–Crippen LogP) is 2.05. The quantitative estimate of drug-likeness (QED) is 0.802. The summed E-state index contributed by atoms with van der Waals surface area (Å²) in [6.07, 6.45) is 6.43. The standard InChI is InChI=1S/C14H21N3/c1-14(2)10-16-12-6-4-8-17(13(12)14)11-5-3-7-15-9-11/h3,5,7,9,12-13,16H,4,6,8,10H2,1-2H3. The van der Waals surface area contributed by atoms with Gasteiger partial charge in [-0.15, -0.1) is 0 Å². The maximum atomic E-state index is 4.26. The molecule has 2 aliphatic rings. The van der Waals surface area contributed by atoms with Gasteiger partial charge in [-0.2, -0.15) is 0 Å². The van der Waals surface area contributed by atoms with E-state index in [0.717, 1.165) is 13.1 Å². The maximum absolute atomic E-state index is 4.26. The number of rotatable bonds is 1. The molecule has 17 heavy (non-hydrogen) atoms. The second-order valence-corrected chi connectivity index (χ2v) is 5.97. The molecule has 0 aliphatic carbocycles. The molecule has 2 aliphatic heterocycles. The molecule has 3 heterocycles. The third-order valence-corrected chi connectivity index (χ3v) is 4.23. The molecular weight excluding hydrogens is 210 g/mol. The van der Waals surface area contributed by atoms with Crippen LogP contribution in [0.25, 0.3) is 0 Å². The summed E-state index contributed by atoms with van der Waals surface area (Å²) in [7, 11) is 0. The van der Waals surface area contributed by atoms with E-state index in [9.17, 15) is 0 Å². The minimum absolute atomic E-state index is 0.348. The Hall–Kier alpha value is -1.09. The van der Waals surface area contributed by atoms with Crippen LogP contribution in [0.3, 0.4) is 0 Å². The Morgan fingerprint density at radius 2 is 2.35 bits per heavy atom. The van der Waals surface area contributed by atoms with Crippen molar-refractivity contribution in [3.63, 3.8) is 0 Å². The molecule has 1 N–H and O–H groups in total. The van der Waals surface area contributed by atoms with Gasteiger partial charge in [0.2, 0.25) is 0 Å². The molecule has 2 saturated heterocycles. The fourth-order valence-corrected chi connectivity index (χ4v) is 3.49. The van der Waals surface area contributed by atoms with Crippen molar-refractivity contribution in [3.05, 3.63) is 24.5 Å². The molecule has 1 aromatic rings. The second kappa shape index (κ2) is 3.98. The van der Waals surface area contributed by atoms with Gasteiger partial charge in [-0.3, -0.25) is 4.98 Å². The van der Waals surface area contributed by atoms with Gasteiger partial charge in [0.05, 0.1) is 17.9 Å². The molecule has 3 nitrogen and oxygen atoms in total. The summed E-state index contributed by atoms with van der Waals surface area (Å²) in [6, 6.07) is 5.48. The van der Waals surface area contributed by atoms with E-state index in [2.05, 4.69) is 35.1 Å². The number of hydrogen-bond acceptors (Lipinski definition) is 3. The van der Waals surface area contributed by atoms with Crippen LogP contribution in [0.2, 0.25) is 0 Å². The van der Waals surface area contributed by atoms with Crippen molar-refractivity contribution in [2.45, 2.75) is 38.8 Å². The van der Waals surface area contributed by atoms with E-state index in [-0.39, 0.29) is 0 Å². The van der Waals surface area contributed by atoms with Crippen LogP contribution < -0.4 is 10.2 Å². The van der Waals surface area contributed by atoms with Gasteiger partial charge in [0.25, 0.3) is 0 Å². The SMILES string of the molecule is CC1(C)CNC2CCCN(c3cccnc3)C21. The molecule has 0 bridgehead atoms. The molecular formula is C14H21N3. The minimum atomic E-state index is 0.348. The van der Waals surface area contributed by atoms with E-state index in [1.807, 2.05) is 18.5 Å². The zero-order valence-electron chi connectivity index (χ0n) is 10.7. The summed E-state index contributed by atoms with van der Waals surface area (Å²) in [5, 5.41) is 3.69. The van der Waals surface area contributed by atoms with Gasteiger partial charge in [-0.05, 0) is 30.4 Å². The second-order valence-electron chi connectivity index (χ2n) is 5.97. The van der Waals surface area contributed by atoms with E-state index < -0.39 is 0 Å². The lowest BCUT2D eigenvalue weighted by atomic mass is 9.80. The van der Waals surface area contributed by atoms with E-state index in [1.165, 1.54) is 18.5 Å². The fourth-order valence-electron chi connectivity index (χ4n) is 3.49. The van der Waals surface area contributed by atoms with Crippen LogP contribution in [0.1, 0.15) is 26.7 Å². The van der Waals surface area contributed by atoms with Gasteiger partial charge in [0.1, 0.15) is 0 Å². The van der Waals surface area contributed by atoms with Crippen LogP contribution in [-0.4, -0.2) is 30.2 Å². The monoisotopic (exact) mass is 231 g/mol. The van der Waals surface area contributed by atoms with Crippen LogP contribution in [0.4, 0.5) is 5.69 Å². The molecule has 0 aromatic carbocycles. The average molecular weight is 231 g/mol. The smallest absolute Gasteiger partial charge is 0.0555 e. The first kappa shape index (κ1) is 11.0. The van der Waals surface area contributed by atoms with Crippen molar-refractivity contribution >= 4 is 5.69 Å². The van der Waals surface area contributed by atoms with Crippen molar-refractivity contribution in [1.29, 1.82) is 0 Å². The number of pyridine rings is 1. The molecule has 0 saturated carbocycles. The van der Waals surface area contributed by atoms with E-state index in [1.54, 1.807) is 0 Å². The highest BCUT2D eigenvalue weighted by Crippen LogP contribution is 2.38. The van der Waals surface area contributed by atoms with Crippen LogP contribution in [-0.2, 0) is 0 Å². The number of hydrogen-bond donors (Lipinski definition) is 1. The highest BCUT2D eigenvalue weighted by Gasteiger charge is 2.46. The summed E-state index contributed by atoms with van der Waals surface area (Å²) in [6.45, 7) is 7.04. The number of aromatic nitrogens is 1. The topological polar surface area (TPSA) is 28.2 Å². The van der Waals surface area contributed by atoms with Gasteiger partial charge >= 0.3 is 0 Å². The molecule has 0 amide bonds. The maximum Gasteiger partial charge on any atom is 0.0555 e. The third kappa shape index (κ3) is 1.82. The zero-order chi connectivity index (χ0) is 11.9. The molecule has 3 heteroatoms. The Labute approximate surface area is 103 Å². The van der Waals surface area contributed by atoms with Crippen LogP contribution in [0.15, 0.2) is 24.5 Å². The van der Waals surface area contributed by atoms with Crippen molar-refractivity contribution in [3.8, 4) is 0 Å². The lowest BCUT2D eigenvalue weighted by Gasteiger charge is -2.44. The number of nitrogens with zero attached hydrogens (tertiary/aromatic N) is 2. The number of piperidine rings is 1. The van der Waals surface area contributed by atoms with Crippen molar-refractivity contribution in [2.75, 3.05) is 18.0 Å². The average Bonchev–Trinajstić information content (AvgIpc) is 2.67. The Morgan fingerprint density at radius 3 is 3.12 bits per heavy atom. The highest BCUT2D eigenvalue weighted by molar-refractivity contribution is 5.47. The van der Waals surface area contributed by atoms with Gasteiger partial charge < -0.3 is 10.2 Å². The highest BCUT2D eigenvalue weighted by atomic mass is 15.2. The summed E-state index contributed by atoms with van der Waals surface area (Å²) in [5.41, 5.74) is 1.62. The Balaban J connectivity index is 1.93. The summed E-state index contributed by atoms with van der Waals surface area (Å²) in [5.74, 6) is 0. The zero-order valence-corrected chi connectivity index (χ0v) is 10.7. The normalized spacial score (nSPS) is 31.3. The number of fused-ring (bicyclic) bond motifs is 1. The summed E-state index contributed by atoms with van der Waals surface area (Å²) >= 11 is 0. The summed E-state index contributed by atoms with van der Waals surface area (Å²) in [4.78, 5) is 6.82. The van der Waals surface area contributed by atoms with Crippen molar-refractivity contribution in [1.82, 2.24) is 10.3 Å². The van der Waals surface area contributed by atoms with E-state index in [4.69, 9.17) is 0 Å². The third-order valence-electron chi connectivity index (χ3n) is 4.23. The largest absolute Gasteiger partial charge is 0.365 e. The van der Waals surface area contributed by atoms with E-state index >= 15 is 0 Å². The molecule has 92 valence electrons. The van der Waals surface area contributed by atoms with Crippen molar-refractivity contribution < 1.29 is 0 Å². The molecule has 2 atom stereocenters. The lowest BCUT2D eigenvalue weighted by molar-refractivity contribution is 0.291.